The van der Waals surface area contributed by atoms with Gasteiger partial charge in [-0.1, -0.05) is 64.8 Å². The Morgan fingerprint density at radius 3 is 2.62 bits per heavy atom. The monoisotopic (exact) mass is 444 g/mol. The van der Waals surface area contributed by atoms with Gasteiger partial charge >= 0.3 is 0 Å². The summed E-state index contributed by atoms with van der Waals surface area (Å²) in [5.74, 6) is -0.0385. The third-order valence-corrected chi connectivity index (χ3v) is 6.15. The summed E-state index contributed by atoms with van der Waals surface area (Å²) in [7, 11) is 0. The summed E-state index contributed by atoms with van der Waals surface area (Å²) in [6.07, 6.45) is 0.408. The number of oxime groups is 1. The lowest BCUT2D eigenvalue weighted by Gasteiger charge is -2.25. The molecule has 0 spiro atoms. The first-order valence-electron chi connectivity index (χ1n) is 9.15. The molecule has 0 fully saturated rings. The fourth-order valence-electron chi connectivity index (χ4n) is 3.19. The smallest absolute Gasteiger partial charge is 0.264 e. The van der Waals surface area contributed by atoms with Crippen molar-refractivity contribution in [1.82, 2.24) is 4.90 Å². The molecule has 2 heterocycles. The van der Waals surface area contributed by atoms with E-state index in [2.05, 4.69) is 5.16 Å². The van der Waals surface area contributed by atoms with E-state index in [9.17, 15) is 4.79 Å². The average molecular weight is 445 g/mol. The van der Waals surface area contributed by atoms with E-state index in [1.54, 1.807) is 4.90 Å². The van der Waals surface area contributed by atoms with Crippen molar-refractivity contribution in [2.75, 3.05) is 6.54 Å². The quantitative estimate of drug-likeness (QED) is 0.475. The molecule has 3 aromatic rings. The molecule has 7 heteroatoms. The van der Waals surface area contributed by atoms with Gasteiger partial charge in [0.05, 0.1) is 17.1 Å². The van der Waals surface area contributed by atoms with E-state index in [4.69, 9.17) is 28.0 Å². The molecule has 1 unspecified atom stereocenters. The van der Waals surface area contributed by atoms with Crippen molar-refractivity contribution >= 4 is 46.2 Å². The minimum atomic E-state index is -0.216. The molecular weight excluding hydrogens is 427 g/mol. The molecular formula is C22H18Cl2N2O2S. The van der Waals surface area contributed by atoms with Gasteiger partial charge in [-0.2, -0.15) is 0 Å². The van der Waals surface area contributed by atoms with Crippen molar-refractivity contribution in [2.45, 2.75) is 19.1 Å². The molecule has 0 radical (unpaired) electrons. The summed E-state index contributed by atoms with van der Waals surface area (Å²) >= 11 is 13.7. The Bertz CT molecular complexity index is 1020. The molecule has 2 aromatic carbocycles. The fourth-order valence-corrected chi connectivity index (χ4v) is 4.20. The van der Waals surface area contributed by atoms with Crippen molar-refractivity contribution < 1.29 is 9.63 Å². The van der Waals surface area contributed by atoms with Gasteiger partial charge in [0.2, 0.25) is 0 Å². The van der Waals surface area contributed by atoms with Crippen LogP contribution in [-0.2, 0) is 11.4 Å². The van der Waals surface area contributed by atoms with Gasteiger partial charge in [0, 0.05) is 23.0 Å². The lowest BCUT2D eigenvalue weighted by molar-refractivity contribution is 0.0408. The SMILES string of the molecule is O=C(c1cccs1)N(Cc1ccccc1Cl)CC1CC(c2ccc(Cl)cc2)=NO1. The molecule has 4 nitrogen and oxygen atoms in total. The minimum Gasteiger partial charge on any atom is -0.390 e. The molecule has 1 aliphatic rings. The maximum absolute atomic E-state index is 13.1. The summed E-state index contributed by atoms with van der Waals surface area (Å²) in [4.78, 5) is 21.2. The maximum Gasteiger partial charge on any atom is 0.264 e. The van der Waals surface area contributed by atoms with Crippen LogP contribution in [0, 0.1) is 0 Å². The van der Waals surface area contributed by atoms with E-state index in [0.717, 1.165) is 16.8 Å². The maximum atomic E-state index is 13.1. The van der Waals surface area contributed by atoms with Crippen LogP contribution in [0.4, 0.5) is 0 Å². The number of rotatable bonds is 6. The lowest BCUT2D eigenvalue weighted by Crippen LogP contribution is -2.37. The number of amides is 1. The van der Waals surface area contributed by atoms with E-state index in [1.807, 2.05) is 66.0 Å². The van der Waals surface area contributed by atoms with Crippen LogP contribution in [0.5, 0.6) is 0 Å². The van der Waals surface area contributed by atoms with Gasteiger partial charge in [-0.05, 0) is 40.8 Å². The number of hydrogen-bond donors (Lipinski definition) is 0. The summed E-state index contributed by atoms with van der Waals surface area (Å²) in [6.45, 7) is 0.828. The summed E-state index contributed by atoms with van der Waals surface area (Å²) in [5, 5.41) is 7.45. The third-order valence-electron chi connectivity index (χ3n) is 4.67. The van der Waals surface area contributed by atoms with Crippen molar-refractivity contribution in [1.29, 1.82) is 0 Å². The highest BCUT2D eigenvalue weighted by atomic mass is 35.5. The second kappa shape index (κ2) is 8.99. The highest BCUT2D eigenvalue weighted by Crippen LogP contribution is 2.23. The Morgan fingerprint density at radius 1 is 1.10 bits per heavy atom. The Hall–Kier alpha value is -2.34. The molecule has 1 atom stereocenters. The normalized spacial score (nSPS) is 15.7. The summed E-state index contributed by atoms with van der Waals surface area (Å²) in [5.41, 5.74) is 2.72. The number of halogens is 2. The van der Waals surface area contributed by atoms with E-state index in [1.165, 1.54) is 11.3 Å². The molecule has 4 rings (SSSR count). The number of nitrogens with zero attached hydrogens (tertiary/aromatic N) is 2. The van der Waals surface area contributed by atoms with Gasteiger partial charge in [-0.15, -0.1) is 11.3 Å². The number of benzene rings is 2. The molecule has 0 saturated heterocycles. The largest absolute Gasteiger partial charge is 0.390 e. The Balaban J connectivity index is 1.49. The molecule has 0 bridgehead atoms. The topological polar surface area (TPSA) is 41.9 Å². The first kappa shape index (κ1) is 20.0. The third kappa shape index (κ3) is 4.81. The molecule has 1 aliphatic heterocycles. The van der Waals surface area contributed by atoms with Gasteiger partial charge in [0.15, 0.2) is 6.10 Å². The zero-order chi connectivity index (χ0) is 20.2. The van der Waals surface area contributed by atoms with Crippen LogP contribution >= 0.6 is 34.5 Å². The lowest BCUT2D eigenvalue weighted by atomic mass is 10.0. The first-order chi connectivity index (χ1) is 14.1. The second-order valence-electron chi connectivity index (χ2n) is 6.73. The number of carbonyl (C=O) groups excluding carboxylic acids is 1. The van der Waals surface area contributed by atoms with Crippen molar-refractivity contribution in [3.63, 3.8) is 0 Å². The van der Waals surface area contributed by atoms with Crippen LogP contribution in [0.2, 0.25) is 10.0 Å². The van der Waals surface area contributed by atoms with Crippen LogP contribution in [0.15, 0.2) is 71.2 Å². The second-order valence-corrected chi connectivity index (χ2v) is 8.52. The Morgan fingerprint density at radius 2 is 1.90 bits per heavy atom. The standard InChI is InChI=1S/C22H18Cl2N2O2S/c23-17-9-7-15(8-10-17)20-12-18(28-25-20)14-26(22(27)21-6-3-11-29-21)13-16-4-1-2-5-19(16)24/h1-11,18H,12-14H2. The van der Waals surface area contributed by atoms with Crippen LogP contribution in [0.25, 0.3) is 0 Å². The molecule has 0 saturated carbocycles. The number of hydrogen-bond acceptors (Lipinski definition) is 4. The Kier molecular flexibility index (Phi) is 6.19. The van der Waals surface area contributed by atoms with Gasteiger partial charge in [-0.3, -0.25) is 4.79 Å². The minimum absolute atomic E-state index is 0.0385. The van der Waals surface area contributed by atoms with Crippen LogP contribution in [0.1, 0.15) is 27.2 Å². The van der Waals surface area contributed by atoms with Crippen molar-refractivity contribution in [3.05, 3.63) is 92.1 Å². The van der Waals surface area contributed by atoms with Crippen molar-refractivity contribution in [3.8, 4) is 0 Å². The van der Waals surface area contributed by atoms with E-state index < -0.39 is 0 Å². The van der Waals surface area contributed by atoms with Crippen molar-refractivity contribution in [2.24, 2.45) is 5.16 Å². The summed E-state index contributed by atoms with van der Waals surface area (Å²) in [6, 6.07) is 18.8. The van der Waals surface area contributed by atoms with Gasteiger partial charge < -0.3 is 9.74 Å². The average Bonchev–Trinajstić information content (AvgIpc) is 3.41. The molecule has 1 amide bonds. The summed E-state index contributed by atoms with van der Waals surface area (Å²) < 4.78 is 0. The van der Waals surface area contributed by atoms with E-state index >= 15 is 0 Å². The van der Waals surface area contributed by atoms with Crippen LogP contribution in [-0.4, -0.2) is 29.2 Å². The zero-order valence-corrected chi connectivity index (χ0v) is 17.8. The van der Waals surface area contributed by atoms with E-state index in [0.29, 0.717) is 34.4 Å². The first-order valence-corrected chi connectivity index (χ1v) is 10.8. The van der Waals surface area contributed by atoms with Gasteiger partial charge in [0.25, 0.3) is 5.91 Å². The van der Waals surface area contributed by atoms with Crippen LogP contribution in [0.3, 0.4) is 0 Å². The van der Waals surface area contributed by atoms with E-state index in [-0.39, 0.29) is 12.0 Å². The van der Waals surface area contributed by atoms with Gasteiger partial charge in [-0.25, -0.2) is 0 Å². The Labute approximate surface area is 183 Å². The molecule has 0 N–H and O–H groups in total. The van der Waals surface area contributed by atoms with Gasteiger partial charge in [0.1, 0.15) is 0 Å². The highest BCUT2D eigenvalue weighted by molar-refractivity contribution is 7.12. The highest BCUT2D eigenvalue weighted by Gasteiger charge is 2.28. The predicted octanol–water partition coefficient (Wildman–Crippen LogP) is 5.89. The number of carbonyl (C=O) groups is 1. The molecule has 0 aliphatic carbocycles. The molecule has 148 valence electrons. The molecule has 29 heavy (non-hydrogen) atoms. The van der Waals surface area contributed by atoms with Crippen LogP contribution < -0.4 is 0 Å². The predicted molar refractivity (Wildman–Crippen MR) is 118 cm³/mol. The fraction of sp³-hybridized carbons (Fsp3) is 0.182. The molecule has 1 aromatic heterocycles. The zero-order valence-electron chi connectivity index (χ0n) is 15.4. The number of thiophene rings is 1.